The highest BCUT2D eigenvalue weighted by Crippen LogP contribution is 2.43. The molecule has 2 aromatic heterocycles. The Morgan fingerprint density at radius 2 is 1.41 bits per heavy atom. The van der Waals surface area contributed by atoms with Crippen LogP contribution in [0, 0.1) is 13.8 Å². The van der Waals surface area contributed by atoms with Gasteiger partial charge < -0.3 is 5.11 Å². The maximum Gasteiger partial charge on any atom is 0.149 e. The third kappa shape index (κ3) is 7.72. The van der Waals surface area contributed by atoms with Crippen LogP contribution in [0.1, 0.15) is 100 Å². The van der Waals surface area contributed by atoms with E-state index in [1.165, 1.54) is 11.6 Å². The first kappa shape index (κ1) is 30.8. The highest BCUT2D eigenvalue weighted by atomic mass is 16.3. The molecule has 0 saturated carbocycles. The maximum atomic E-state index is 11.9. The minimum Gasteiger partial charge on any atom is -0.507 e. The van der Waals surface area contributed by atoms with Crippen LogP contribution in [0.3, 0.4) is 0 Å². The van der Waals surface area contributed by atoms with E-state index in [1.54, 1.807) is 0 Å². The minimum absolute atomic E-state index is 0.0494. The van der Waals surface area contributed by atoms with E-state index in [-0.39, 0.29) is 40.1 Å². The van der Waals surface area contributed by atoms with Gasteiger partial charge in [-0.3, -0.25) is 9.55 Å². The van der Waals surface area contributed by atoms with Gasteiger partial charge in [0.25, 0.3) is 0 Å². The summed E-state index contributed by atoms with van der Waals surface area (Å²) in [5, 5.41) is 11.9. The standard InChI is InChI=1S/C55H55N3O/c1-34(2)39-21-24-49(46(32-39)38-19-22-43(23-20-38)54(5,6)7)58-50-18-14-17-45(51(50)57-53(58)47-28-35(3)27-36(4)52(47)59)41-29-42(31-44(30-41)55(8,9)10)48-33-40(25-26-56-48)37-15-12-11-13-16-37/h11-34,59H,1-10H3/i11D,12D,13D,15D,25D,26D,33D,34D. The molecule has 4 nitrogen and oxygen atoms in total. The number of aryl methyl sites for hydroxylation is 2. The van der Waals surface area contributed by atoms with E-state index in [1.807, 2.05) is 82.3 Å². The van der Waals surface area contributed by atoms with Gasteiger partial charge in [0.1, 0.15) is 11.6 Å². The van der Waals surface area contributed by atoms with Gasteiger partial charge in [0, 0.05) is 24.2 Å². The van der Waals surface area contributed by atoms with Crippen molar-refractivity contribution in [2.75, 3.05) is 0 Å². The summed E-state index contributed by atoms with van der Waals surface area (Å²) in [5.74, 6) is -0.270. The second-order valence-corrected chi connectivity index (χ2v) is 17.8. The number of para-hydroxylation sites is 1. The second kappa shape index (κ2) is 15.2. The van der Waals surface area contributed by atoms with Crippen molar-refractivity contribution in [3.63, 3.8) is 0 Å². The van der Waals surface area contributed by atoms with Crippen LogP contribution in [0.15, 0.2) is 139 Å². The molecule has 296 valence electrons. The van der Waals surface area contributed by atoms with Gasteiger partial charge in [-0.2, -0.15) is 0 Å². The number of hydrogen-bond acceptors (Lipinski definition) is 3. The molecule has 4 heteroatoms. The van der Waals surface area contributed by atoms with E-state index in [9.17, 15) is 6.48 Å². The molecule has 0 spiro atoms. The zero-order chi connectivity index (χ0) is 48.8. The maximum absolute atomic E-state index is 11.9. The van der Waals surface area contributed by atoms with Gasteiger partial charge in [-0.25, -0.2) is 4.98 Å². The summed E-state index contributed by atoms with van der Waals surface area (Å²) in [4.78, 5) is 9.93. The van der Waals surface area contributed by atoms with E-state index < -0.39 is 41.7 Å². The topological polar surface area (TPSA) is 50.9 Å². The summed E-state index contributed by atoms with van der Waals surface area (Å²) in [6, 6.07) is 29.3. The van der Waals surface area contributed by atoms with Gasteiger partial charge in [-0.1, -0.05) is 140 Å². The Bertz CT molecular complexity index is 3300. The average molecular weight is 782 g/mol. The number of imidazole rings is 1. The third-order valence-electron chi connectivity index (χ3n) is 11.0. The lowest BCUT2D eigenvalue weighted by Gasteiger charge is -2.22. The molecule has 2 heterocycles. The van der Waals surface area contributed by atoms with E-state index in [4.69, 9.17) is 14.6 Å². The average Bonchev–Trinajstić information content (AvgIpc) is 3.65. The Morgan fingerprint density at radius 1 is 0.661 bits per heavy atom. The molecule has 0 aliphatic heterocycles. The van der Waals surface area contributed by atoms with Crippen LogP contribution in [-0.2, 0) is 10.8 Å². The molecule has 0 atom stereocenters. The number of hydrogen-bond donors (Lipinski definition) is 1. The number of pyridine rings is 1. The van der Waals surface area contributed by atoms with Crippen molar-refractivity contribution in [1.29, 1.82) is 0 Å². The molecule has 8 aromatic rings. The Balaban J connectivity index is 1.44. The molecule has 0 aliphatic carbocycles. The Morgan fingerprint density at radius 3 is 2.14 bits per heavy atom. The normalized spacial score (nSPS) is 14.2. The third-order valence-corrected chi connectivity index (χ3v) is 11.0. The van der Waals surface area contributed by atoms with Crippen LogP contribution in [0.4, 0.5) is 0 Å². The van der Waals surface area contributed by atoms with Crippen LogP contribution >= 0.6 is 0 Å². The van der Waals surface area contributed by atoms with E-state index >= 15 is 0 Å². The monoisotopic (exact) mass is 781 g/mol. The van der Waals surface area contributed by atoms with Gasteiger partial charge >= 0.3 is 0 Å². The number of fused-ring (bicyclic) bond motifs is 1. The first-order valence-corrected chi connectivity index (χ1v) is 20.1. The summed E-state index contributed by atoms with van der Waals surface area (Å²) >= 11 is 0. The molecule has 0 saturated heterocycles. The molecule has 0 radical (unpaired) electrons. The van der Waals surface area contributed by atoms with Crippen molar-refractivity contribution in [1.82, 2.24) is 14.5 Å². The Kier molecular flexibility index (Phi) is 7.91. The quantitative estimate of drug-likeness (QED) is 0.175. The SMILES string of the molecule is [2H]c1cc(-c2c([2H])c([2H])nc(-c3cc(-c4cccc5c4nc(-c4cc(C)cc(C)c4O)n5-c4ccc(C([2H])(C)C)cc4-c4ccc(C(C)(C)C)cc4)cc(C(C)(C)C)c3)c2[2H])c([2H])c([2H])c1[2H]. The number of phenolic OH excluding ortho intramolecular Hbond substituents is 1. The largest absolute Gasteiger partial charge is 0.507 e. The Hall–Kier alpha value is -6.26. The molecule has 6 aromatic carbocycles. The molecule has 0 fully saturated rings. The molecule has 8 rings (SSSR count). The fourth-order valence-corrected chi connectivity index (χ4v) is 7.67. The van der Waals surface area contributed by atoms with Gasteiger partial charge in [0.2, 0.25) is 0 Å². The van der Waals surface area contributed by atoms with E-state index in [2.05, 4.69) is 87.5 Å². The molecule has 1 N–H and O–H groups in total. The van der Waals surface area contributed by atoms with E-state index in [0.717, 1.165) is 50.1 Å². The summed E-state index contributed by atoms with van der Waals surface area (Å²) in [6.07, 6.45) is -0.432. The zero-order valence-electron chi connectivity index (χ0n) is 43.5. The fraction of sp³-hybridized carbons (Fsp3) is 0.236. The van der Waals surface area contributed by atoms with E-state index in [0.29, 0.717) is 28.0 Å². The lowest BCUT2D eigenvalue weighted by Crippen LogP contribution is -2.11. The van der Waals surface area contributed by atoms with Crippen molar-refractivity contribution < 1.29 is 16.1 Å². The van der Waals surface area contributed by atoms with Gasteiger partial charge in [-0.15, -0.1) is 0 Å². The van der Waals surface area contributed by atoms with Crippen LogP contribution in [-0.4, -0.2) is 19.6 Å². The van der Waals surface area contributed by atoms with Crippen molar-refractivity contribution >= 4 is 11.0 Å². The van der Waals surface area contributed by atoms with Gasteiger partial charge in [0.05, 0.1) is 37.6 Å². The Labute approximate surface area is 361 Å². The summed E-state index contributed by atoms with van der Waals surface area (Å²) in [6.45, 7) is 20.4. The number of aromatic hydroxyl groups is 1. The first-order valence-electron chi connectivity index (χ1n) is 24.1. The van der Waals surface area contributed by atoms with Crippen LogP contribution < -0.4 is 0 Å². The highest BCUT2D eigenvalue weighted by molar-refractivity contribution is 5.98. The van der Waals surface area contributed by atoms with Crippen molar-refractivity contribution in [3.05, 3.63) is 167 Å². The lowest BCUT2D eigenvalue weighted by molar-refractivity contribution is 0.472. The predicted octanol–water partition coefficient (Wildman–Crippen LogP) is 14.8. The number of benzene rings is 6. The number of aromatic nitrogens is 3. The second-order valence-electron chi connectivity index (χ2n) is 17.8. The summed E-state index contributed by atoms with van der Waals surface area (Å²) in [5.41, 5.74) is 10.6. The molecule has 0 bridgehead atoms. The summed E-state index contributed by atoms with van der Waals surface area (Å²) < 4.78 is 71.7. The molecule has 0 unspecified atom stereocenters. The summed E-state index contributed by atoms with van der Waals surface area (Å²) in [7, 11) is 0. The molecule has 59 heavy (non-hydrogen) atoms. The molecular weight excluding hydrogens is 719 g/mol. The molecule has 0 aliphatic rings. The zero-order valence-corrected chi connectivity index (χ0v) is 35.5. The van der Waals surface area contributed by atoms with Gasteiger partial charge in [-0.05, 0) is 129 Å². The van der Waals surface area contributed by atoms with Crippen molar-refractivity contribution in [3.8, 4) is 67.5 Å². The van der Waals surface area contributed by atoms with Crippen molar-refractivity contribution in [2.45, 2.75) is 86.0 Å². The predicted molar refractivity (Wildman–Crippen MR) is 249 cm³/mol. The van der Waals surface area contributed by atoms with Gasteiger partial charge in [0.15, 0.2) is 0 Å². The lowest BCUT2D eigenvalue weighted by atomic mass is 9.83. The van der Waals surface area contributed by atoms with Crippen molar-refractivity contribution in [2.24, 2.45) is 0 Å². The van der Waals surface area contributed by atoms with Crippen LogP contribution in [0.25, 0.3) is 72.7 Å². The minimum atomic E-state index is -0.894. The van der Waals surface area contributed by atoms with Crippen LogP contribution in [0.5, 0.6) is 5.75 Å². The number of phenols is 1. The fourth-order valence-electron chi connectivity index (χ4n) is 7.67. The number of nitrogens with zero attached hydrogens (tertiary/aromatic N) is 3. The molecular formula is C55H55N3O. The van der Waals surface area contributed by atoms with Crippen LogP contribution in [0.2, 0.25) is 0 Å². The highest BCUT2D eigenvalue weighted by Gasteiger charge is 2.25. The first-order chi connectivity index (χ1) is 31.3. The number of rotatable bonds is 7. The smallest absolute Gasteiger partial charge is 0.149 e. The molecule has 0 amide bonds.